The number of phenolic OH excluding ortho intramolecular Hbond substituents is 7. The van der Waals surface area contributed by atoms with Crippen molar-refractivity contribution in [3.8, 4) is 40.2 Å². The Morgan fingerprint density at radius 3 is 1.12 bits per heavy atom. The highest BCUT2D eigenvalue weighted by atomic mass is 16.3. The summed E-state index contributed by atoms with van der Waals surface area (Å²) < 4.78 is 0. The highest BCUT2D eigenvalue weighted by molar-refractivity contribution is 6.32. The standard InChI is InChI=1S/C15H10O9/c1-2-7(16)3-4(11(20)8(2)17)10(19)6-5(9(3)18)12(21)14(23)15(24)13(6)22/h16-17,20-24H,1H3. The lowest BCUT2D eigenvalue weighted by atomic mass is 9.80. The third-order valence-electron chi connectivity index (χ3n) is 3.96. The predicted octanol–water partition coefficient (Wildman–Crippen LogP) is 0.710. The van der Waals surface area contributed by atoms with Gasteiger partial charge in [0.2, 0.25) is 23.1 Å². The van der Waals surface area contributed by atoms with Gasteiger partial charge in [0.05, 0.1) is 22.3 Å². The van der Waals surface area contributed by atoms with Crippen molar-refractivity contribution in [2.45, 2.75) is 6.92 Å². The summed E-state index contributed by atoms with van der Waals surface area (Å²) in [6.45, 7) is 1.17. The Bertz CT molecular complexity index is 819. The van der Waals surface area contributed by atoms with Gasteiger partial charge in [-0.15, -0.1) is 0 Å². The fraction of sp³-hybridized carbons (Fsp3) is 0.0667. The van der Waals surface area contributed by atoms with Crippen molar-refractivity contribution in [1.29, 1.82) is 0 Å². The first-order chi connectivity index (χ1) is 11.1. The van der Waals surface area contributed by atoms with Gasteiger partial charge >= 0.3 is 0 Å². The first-order valence-electron chi connectivity index (χ1n) is 6.47. The molecule has 3 rings (SSSR count). The van der Waals surface area contributed by atoms with Crippen LogP contribution in [-0.2, 0) is 0 Å². The van der Waals surface area contributed by atoms with Crippen molar-refractivity contribution in [3.63, 3.8) is 0 Å². The van der Waals surface area contributed by atoms with E-state index in [9.17, 15) is 45.3 Å². The van der Waals surface area contributed by atoms with Crippen LogP contribution in [0, 0.1) is 6.92 Å². The minimum absolute atomic E-state index is 0.289. The summed E-state index contributed by atoms with van der Waals surface area (Å²) in [6.07, 6.45) is 0. The van der Waals surface area contributed by atoms with Gasteiger partial charge in [0, 0.05) is 5.56 Å². The number of benzene rings is 2. The molecule has 2 aromatic rings. The predicted molar refractivity (Wildman–Crippen MR) is 76.1 cm³/mol. The maximum Gasteiger partial charge on any atom is 0.205 e. The van der Waals surface area contributed by atoms with Gasteiger partial charge in [-0.25, -0.2) is 0 Å². The van der Waals surface area contributed by atoms with Crippen molar-refractivity contribution in [1.82, 2.24) is 0 Å². The molecule has 0 amide bonds. The van der Waals surface area contributed by atoms with Crippen molar-refractivity contribution in [3.05, 3.63) is 27.8 Å². The molecule has 0 saturated heterocycles. The number of aromatic hydroxyl groups is 7. The van der Waals surface area contributed by atoms with Crippen LogP contribution in [0.5, 0.6) is 40.2 Å². The molecule has 0 saturated carbocycles. The summed E-state index contributed by atoms with van der Waals surface area (Å²) in [5, 5.41) is 68.5. The summed E-state index contributed by atoms with van der Waals surface area (Å²) in [7, 11) is 0. The molecule has 0 atom stereocenters. The van der Waals surface area contributed by atoms with Crippen LogP contribution in [0.1, 0.15) is 37.4 Å². The molecule has 7 N–H and O–H groups in total. The number of carbonyl (C=O) groups excluding carboxylic acids is 2. The van der Waals surface area contributed by atoms with Crippen LogP contribution in [0.3, 0.4) is 0 Å². The van der Waals surface area contributed by atoms with Crippen LogP contribution >= 0.6 is 0 Å². The van der Waals surface area contributed by atoms with Crippen molar-refractivity contribution in [2.75, 3.05) is 0 Å². The maximum atomic E-state index is 12.6. The normalized spacial score (nSPS) is 12.9. The third-order valence-corrected chi connectivity index (χ3v) is 3.96. The van der Waals surface area contributed by atoms with E-state index in [2.05, 4.69) is 0 Å². The van der Waals surface area contributed by atoms with Crippen LogP contribution in [0.15, 0.2) is 0 Å². The van der Waals surface area contributed by atoms with E-state index in [0.29, 0.717) is 0 Å². The Labute approximate surface area is 132 Å². The van der Waals surface area contributed by atoms with Gasteiger partial charge in [0.15, 0.2) is 23.0 Å². The minimum Gasteiger partial charge on any atom is -0.507 e. The zero-order valence-corrected chi connectivity index (χ0v) is 11.9. The third kappa shape index (κ3) is 1.52. The molecule has 1 aliphatic rings. The fourth-order valence-corrected chi connectivity index (χ4v) is 2.66. The van der Waals surface area contributed by atoms with E-state index in [4.69, 9.17) is 0 Å². The van der Waals surface area contributed by atoms with Gasteiger partial charge in [-0.05, 0) is 6.92 Å². The Kier molecular flexibility index (Phi) is 2.83. The molecule has 0 aromatic heterocycles. The number of ketones is 2. The average Bonchev–Trinajstić information content (AvgIpc) is 2.55. The minimum atomic E-state index is -1.24. The van der Waals surface area contributed by atoms with Gasteiger partial charge in [-0.1, -0.05) is 0 Å². The monoisotopic (exact) mass is 334 g/mol. The van der Waals surface area contributed by atoms with Gasteiger partial charge in [-0.3, -0.25) is 9.59 Å². The average molecular weight is 334 g/mol. The lowest BCUT2D eigenvalue weighted by Gasteiger charge is -2.23. The van der Waals surface area contributed by atoms with Gasteiger partial charge in [0.25, 0.3) is 0 Å². The van der Waals surface area contributed by atoms with Crippen molar-refractivity contribution < 1.29 is 45.3 Å². The number of hydrogen-bond donors (Lipinski definition) is 7. The van der Waals surface area contributed by atoms with E-state index in [1.807, 2.05) is 0 Å². The highest BCUT2D eigenvalue weighted by Crippen LogP contribution is 2.53. The SMILES string of the molecule is Cc1c(O)c(O)c2c(c1O)C(=O)c1c(O)c(O)c(O)c(O)c1C2=O. The second kappa shape index (κ2) is 4.44. The lowest BCUT2D eigenvalue weighted by molar-refractivity contribution is 0.0967. The largest absolute Gasteiger partial charge is 0.507 e. The van der Waals surface area contributed by atoms with Crippen LogP contribution in [0.25, 0.3) is 0 Å². The van der Waals surface area contributed by atoms with E-state index in [1.165, 1.54) is 6.92 Å². The van der Waals surface area contributed by atoms with E-state index in [1.54, 1.807) is 0 Å². The molecule has 0 fully saturated rings. The molecular formula is C15H10O9. The number of hydrogen-bond acceptors (Lipinski definition) is 9. The molecule has 0 radical (unpaired) electrons. The van der Waals surface area contributed by atoms with Crippen LogP contribution in [0.4, 0.5) is 0 Å². The van der Waals surface area contributed by atoms with Gasteiger partial charge in [0.1, 0.15) is 5.75 Å². The topological polar surface area (TPSA) is 176 Å². The Hall–Kier alpha value is -3.62. The van der Waals surface area contributed by atoms with Crippen LogP contribution in [0.2, 0.25) is 0 Å². The second-order valence-corrected chi connectivity index (χ2v) is 5.22. The van der Waals surface area contributed by atoms with Crippen LogP contribution in [-0.4, -0.2) is 47.3 Å². The second-order valence-electron chi connectivity index (χ2n) is 5.22. The molecule has 24 heavy (non-hydrogen) atoms. The molecule has 0 aliphatic heterocycles. The number of rotatable bonds is 0. The van der Waals surface area contributed by atoms with E-state index >= 15 is 0 Å². The molecule has 0 bridgehead atoms. The zero-order chi connectivity index (χ0) is 18.1. The van der Waals surface area contributed by atoms with Gasteiger partial charge in [-0.2, -0.15) is 0 Å². The summed E-state index contributed by atoms with van der Waals surface area (Å²) in [6, 6.07) is 0. The van der Waals surface area contributed by atoms with Crippen molar-refractivity contribution in [2.24, 2.45) is 0 Å². The molecule has 9 nitrogen and oxygen atoms in total. The van der Waals surface area contributed by atoms with E-state index in [-0.39, 0.29) is 5.56 Å². The molecule has 0 heterocycles. The summed E-state index contributed by atoms with van der Waals surface area (Å²) >= 11 is 0. The summed E-state index contributed by atoms with van der Waals surface area (Å²) in [4.78, 5) is 25.1. The smallest absolute Gasteiger partial charge is 0.205 e. The van der Waals surface area contributed by atoms with Crippen LogP contribution < -0.4 is 0 Å². The molecule has 2 aromatic carbocycles. The Morgan fingerprint density at radius 1 is 0.458 bits per heavy atom. The lowest BCUT2D eigenvalue weighted by Crippen LogP contribution is -2.22. The summed E-state index contributed by atoms with van der Waals surface area (Å²) in [5.41, 5.74) is -3.52. The maximum absolute atomic E-state index is 12.6. The number of fused-ring (bicyclic) bond motifs is 2. The molecular weight excluding hydrogens is 324 g/mol. The Morgan fingerprint density at radius 2 is 0.750 bits per heavy atom. The Balaban J connectivity index is 2.53. The van der Waals surface area contributed by atoms with Gasteiger partial charge < -0.3 is 35.7 Å². The molecule has 0 unspecified atom stereocenters. The highest BCUT2D eigenvalue weighted by Gasteiger charge is 2.42. The first-order valence-corrected chi connectivity index (χ1v) is 6.47. The summed E-state index contributed by atoms with van der Waals surface area (Å²) in [5.74, 6) is -9.93. The van der Waals surface area contributed by atoms with E-state index < -0.39 is 74.1 Å². The first kappa shape index (κ1) is 15.3. The quantitative estimate of drug-likeness (QED) is 0.230. The molecule has 1 aliphatic carbocycles. The van der Waals surface area contributed by atoms with Crippen molar-refractivity contribution >= 4 is 11.6 Å². The molecule has 9 heteroatoms. The molecule has 0 spiro atoms. The van der Waals surface area contributed by atoms with E-state index in [0.717, 1.165) is 0 Å². The number of carbonyl (C=O) groups is 2. The number of phenols is 7. The zero-order valence-electron chi connectivity index (χ0n) is 11.9. The fourth-order valence-electron chi connectivity index (χ4n) is 2.66. The molecule has 124 valence electrons.